The molecular formula is C28H25Cl2N3O3. The van der Waals surface area contributed by atoms with E-state index >= 15 is 0 Å². The van der Waals surface area contributed by atoms with Crippen molar-refractivity contribution in [3.05, 3.63) is 111 Å². The third-order valence-corrected chi connectivity index (χ3v) is 6.01. The van der Waals surface area contributed by atoms with Gasteiger partial charge in [0.15, 0.2) is 5.82 Å². The maximum Gasteiger partial charge on any atom is 0.249 e. The number of methoxy groups -OCH3 is 1. The summed E-state index contributed by atoms with van der Waals surface area (Å²) in [6.07, 6.45) is 4.78. The summed E-state index contributed by atoms with van der Waals surface area (Å²) in [7, 11) is 1.61. The fraction of sp³-hybridized carbons (Fsp3) is 0.143. The van der Waals surface area contributed by atoms with Gasteiger partial charge in [0.05, 0.1) is 13.7 Å². The number of nitrogens with one attached hydrogen (secondary N) is 1. The molecule has 0 radical (unpaired) electrons. The molecule has 0 aliphatic carbocycles. The van der Waals surface area contributed by atoms with Crippen LogP contribution in [0.25, 0.3) is 6.08 Å². The minimum Gasteiger partial charge on any atom is -0.496 e. The molecule has 0 saturated carbocycles. The van der Waals surface area contributed by atoms with Crippen LogP contribution in [0.15, 0.2) is 79.0 Å². The number of amides is 1. The van der Waals surface area contributed by atoms with E-state index in [1.807, 2.05) is 73.7 Å². The lowest BCUT2D eigenvalue weighted by atomic mass is 10.1. The number of carbonyl (C=O) groups is 1. The van der Waals surface area contributed by atoms with Crippen LogP contribution < -0.4 is 14.8 Å². The van der Waals surface area contributed by atoms with E-state index in [0.717, 1.165) is 28.0 Å². The molecule has 6 nitrogen and oxygen atoms in total. The lowest BCUT2D eigenvalue weighted by Crippen LogP contribution is -2.09. The van der Waals surface area contributed by atoms with Crippen LogP contribution in [0.5, 0.6) is 11.5 Å². The second-order valence-corrected chi connectivity index (χ2v) is 8.93. The number of hydrogen-bond acceptors (Lipinski definition) is 4. The summed E-state index contributed by atoms with van der Waals surface area (Å²) in [6.45, 7) is 2.78. The summed E-state index contributed by atoms with van der Waals surface area (Å²) in [5.74, 6) is 1.41. The maximum atomic E-state index is 12.5. The molecule has 0 unspecified atom stereocenters. The van der Waals surface area contributed by atoms with Gasteiger partial charge in [-0.15, -0.1) is 0 Å². The molecule has 184 valence electrons. The van der Waals surface area contributed by atoms with E-state index in [9.17, 15) is 4.79 Å². The molecule has 0 saturated heterocycles. The highest BCUT2D eigenvalue weighted by Gasteiger charge is 2.11. The molecule has 1 heterocycles. The number of aryl methyl sites for hydroxylation is 1. The van der Waals surface area contributed by atoms with Crippen LogP contribution in [0.4, 0.5) is 5.82 Å². The van der Waals surface area contributed by atoms with Crippen molar-refractivity contribution in [2.24, 2.45) is 0 Å². The average Bonchev–Trinajstić information content (AvgIpc) is 3.21. The zero-order valence-corrected chi connectivity index (χ0v) is 21.4. The van der Waals surface area contributed by atoms with E-state index in [4.69, 9.17) is 32.7 Å². The van der Waals surface area contributed by atoms with Crippen molar-refractivity contribution in [2.75, 3.05) is 12.4 Å². The quantitative estimate of drug-likeness (QED) is 0.246. The van der Waals surface area contributed by atoms with Crippen molar-refractivity contribution in [3.63, 3.8) is 0 Å². The molecule has 0 aliphatic heterocycles. The minimum atomic E-state index is -0.353. The monoisotopic (exact) mass is 521 g/mol. The first-order chi connectivity index (χ1) is 17.4. The Labute approximate surface area is 220 Å². The van der Waals surface area contributed by atoms with Gasteiger partial charge in [0, 0.05) is 22.9 Å². The molecule has 0 spiro atoms. The Bertz CT molecular complexity index is 1400. The first kappa shape index (κ1) is 25.4. The Morgan fingerprint density at radius 1 is 1.03 bits per heavy atom. The van der Waals surface area contributed by atoms with Crippen molar-refractivity contribution in [3.8, 4) is 11.5 Å². The highest BCUT2D eigenvalue weighted by atomic mass is 35.5. The number of benzene rings is 3. The summed E-state index contributed by atoms with van der Waals surface area (Å²) >= 11 is 12.5. The van der Waals surface area contributed by atoms with Crippen LogP contribution in [-0.2, 0) is 17.9 Å². The molecule has 0 fully saturated rings. The Morgan fingerprint density at radius 2 is 1.86 bits per heavy atom. The number of carbonyl (C=O) groups excluding carboxylic acids is 1. The topological polar surface area (TPSA) is 65.4 Å². The summed E-state index contributed by atoms with van der Waals surface area (Å²) in [4.78, 5) is 12.5. The van der Waals surface area contributed by atoms with Crippen molar-refractivity contribution in [1.82, 2.24) is 9.78 Å². The predicted octanol–water partition coefficient (Wildman–Crippen LogP) is 6.79. The first-order valence-corrected chi connectivity index (χ1v) is 12.0. The first-order valence-electron chi connectivity index (χ1n) is 11.2. The molecule has 4 rings (SSSR count). The molecule has 4 aromatic rings. The Kier molecular flexibility index (Phi) is 8.31. The number of rotatable bonds is 9. The van der Waals surface area contributed by atoms with Gasteiger partial charge in [0.25, 0.3) is 0 Å². The zero-order chi connectivity index (χ0) is 25.5. The van der Waals surface area contributed by atoms with Crippen LogP contribution in [0.1, 0.15) is 22.3 Å². The fourth-order valence-corrected chi connectivity index (χ4v) is 3.97. The molecule has 8 heteroatoms. The Morgan fingerprint density at radius 3 is 2.64 bits per heavy atom. The standard InChI is InChI=1S/C28H25Cl2N3O3/c1-19-6-5-8-23(14-19)36-18-22-15-20(10-12-26(22)35-2)11-13-27(34)31-28-25(30)17-33(32-28)16-21-7-3-4-9-24(21)29/h3-15,17H,16,18H2,1-2H3,(H,31,32,34)/b13-11+. The number of aromatic nitrogens is 2. The lowest BCUT2D eigenvalue weighted by Gasteiger charge is -2.11. The van der Waals surface area contributed by atoms with Crippen molar-refractivity contribution >= 4 is 41.0 Å². The maximum absolute atomic E-state index is 12.5. The van der Waals surface area contributed by atoms with Crippen LogP contribution >= 0.6 is 23.2 Å². The normalized spacial score (nSPS) is 11.0. The zero-order valence-electron chi connectivity index (χ0n) is 19.9. The van der Waals surface area contributed by atoms with Crippen LogP contribution in [0.2, 0.25) is 10.0 Å². The molecule has 3 aromatic carbocycles. The fourth-order valence-electron chi connectivity index (χ4n) is 3.58. The number of anilines is 1. The second kappa shape index (κ2) is 11.8. The summed E-state index contributed by atoms with van der Waals surface area (Å²) in [5, 5.41) is 8.06. The van der Waals surface area contributed by atoms with E-state index in [0.29, 0.717) is 28.9 Å². The van der Waals surface area contributed by atoms with Gasteiger partial charge in [-0.05, 0) is 60.0 Å². The van der Waals surface area contributed by atoms with Crippen LogP contribution in [0, 0.1) is 6.92 Å². The molecule has 1 aromatic heterocycles. The molecule has 1 N–H and O–H groups in total. The molecular weight excluding hydrogens is 497 g/mol. The molecule has 0 bridgehead atoms. The minimum absolute atomic E-state index is 0.278. The molecule has 0 aliphatic rings. The van der Waals surface area contributed by atoms with Crippen LogP contribution in [0.3, 0.4) is 0 Å². The highest BCUT2D eigenvalue weighted by molar-refractivity contribution is 6.33. The van der Waals surface area contributed by atoms with E-state index in [2.05, 4.69) is 10.4 Å². The van der Waals surface area contributed by atoms with Crippen molar-refractivity contribution in [2.45, 2.75) is 20.1 Å². The third-order valence-electron chi connectivity index (χ3n) is 5.36. The van der Waals surface area contributed by atoms with E-state index in [1.54, 1.807) is 24.1 Å². The SMILES string of the molecule is COc1ccc(/C=C/C(=O)Nc2nn(Cc3ccccc3Cl)cc2Cl)cc1COc1cccc(C)c1. The predicted molar refractivity (Wildman–Crippen MR) is 144 cm³/mol. The number of ether oxygens (including phenoxy) is 2. The van der Waals surface area contributed by atoms with Gasteiger partial charge in [-0.3, -0.25) is 9.48 Å². The smallest absolute Gasteiger partial charge is 0.249 e. The van der Waals surface area contributed by atoms with Gasteiger partial charge in [-0.2, -0.15) is 5.10 Å². The van der Waals surface area contributed by atoms with Gasteiger partial charge in [0.2, 0.25) is 5.91 Å². The van der Waals surface area contributed by atoms with Gasteiger partial charge in [-0.1, -0.05) is 59.6 Å². The third kappa shape index (κ3) is 6.68. The molecule has 36 heavy (non-hydrogen) atoms. The average molecular weight is 522 g/mol. The van der Waals surface area contributed by atoms with Gasteiger partial charge in [0.1, 0.15) is 23.1 Å². The Hall–Kier alpha value is -3.74. The van der Waals surface area contributed by atoms with Gasteiger partial charge in [-0.25, -0.2) is 0 Å². The number of hydrogen-bond donors (Lipinski definition) is 1. The highest BCUT2D eigenvalue weighted by Crippen LogP contribution is 2.24. The number of nitrogens with zero attached hydrogens (tertiary/aromatic N) is 2. The molecule has 0 atom stereocenters. The van der Waals surface area contributed by atoms with E-state index in [-0.39, 0.29) is 11.7 Å². The number of halogens is 2. The van der Waals surface area contributed by atoms with Gasteiger partial charge >= 0.3 is 0 Å². The van der Waals surface area contributed by atoms with Crippen LogP contribution in [-0.4, -0.2) is 22.8 Å². The van der Waals surface area contributed by atoms with Crippen molar-refractivity contribution in [1.29, 1.82) is 0 Å². The molecule has 1 amide bonds. The van der Waals surface area contributed by atoms with Crippen molar-refractivity contribution < 1.29 is 14.3 Å². The largest absolute Gasteiger partial charge is 0.496 e. The van der Waals surface area contributed by atoms with Gasteiger partial charge < -0.3 is 14.8 Å². The summed E-state index contributed by atoms with van der Waals surface area (Å²) < 4.78 is 13.0. The summed E-state index contributed by atoms with van der Waals surface area (Å²) in [5.41, 5.74) is 3.71. The second-order valence-electron chi connectivity index (χ2n) is 8.11. The lowest BCUT2D eigenvalue weighted by molar-refractivity contribution is -0.111. The summed E-state index contributed by atoms with van der Waals surface area (Å²) in [6, 6.07) is 21.0. The van der Waals surface area contributed by atoms with E-state index in [1.165, 1.54) is 6.08 Å². The Balaban J connectivity index is 1.40. The van der Waals surface area contributed by atoms with E-state index < -0.39 is 0 Å².